The third-order valence-corrected chi connectivity index (χ3v) is 6.19. The number of benzene rings is 3. The SMILES string of the molecule is COc1ccccc1N(Cc1ccc(C#N)cc1)S(=O)(=O)c1ccc(Cl)cc1. The Labute approximate surface area is 169 Å². The molecule has 0 bridgehead atoms. The highest BCUT2D eigenvalue weighted by atomic mass is 35.5. The molecule has 3 rings (SSSR count). The number of hydrogen-bond donors (Lipinski definition) is 0. The number of methoxy groups -OCH3 is 1. The van der Waals surface area contributed by atoms with Gasteiger partial charge in [0, 0.05) is 5.02 Å². The average Bonchev–Trinajstić information content (AvgIpc) is 2.72. The first-order chi connectivity index (χ1) is 13.5. The Morgan fingerprint density at radius 3 is 2.25 bits per heavy atom. The van der Waals surface area contributed by atoms with E-state index in [-0.39, 0.29) is 11.4 Å². The Hall–Kier alpha value is -3.01. The minimum atomic E-state index is -3.89. The number of rotatable bonds is 6. The predicted octanol–water partition coefficient (Wildman–Crippen LogP) is 4.62. The van der Waals surface area contributed by atoms with Crippen LogP contribution in [0, 0.1) is 11.3 Å². The number of hydrogen-bond acceptors (Lipinski definition) is 4. The summed E-state index contributed by atoms with van der Waals surface area (Å²) in [7, 11) is -2.39. The first-order valence-electron chi connectivity index (χ1n) is 8.36. The molecule has 0 aromatic heterocycles. The van der Waals surface area contributed by atoms with E-state index < -0.39 is 10.0 Å². The molecule has 0 aliphatic rings. The maximum atomic E-state index is 13.4. The number of nitriles is 1. The lowest BCUT2D eigenvalue weighted by molar-refractivity contribution is 0.415. The highest BCUT2D eigenvalue weighted by Gasteiger charge is 2.27. The Bertz CT molecular complexity index is 1110. The van der Waals surface area contributed by atoms with Gasteiger partial charge in [-0.25, -0.2) is 8.42 Å². The van der Waals surface area contributed by atoms with Crippen LogP contribution in [0.15, 0.2) is 77.7 Å². The van der Waals surface area contributed by atoms with E-state index in [1.807, 2.05) is 0 Å². The summed E-state index contributed by atoms with van der Waals surface area (Å²) in [5.74, 6) is 0.439. The second-order valence-corrected chi connectivity index (χ2v) is 8.24. The van der Waals surface area contributed by atoms with Gasteiger partial charge in [0.2, 0.25) is 0 Å². The van der Waals surface area contributed by atoms with Crippen LogP contribution in [0.5, 0.6) is 5.75 Å². The number of nitrogens with zero attached hydrogens (tertiary/aromatic N) is 2. The molecule has 142 valence electrons. The van der Waals surface area contributed by atoms with Crippen molar-refractivity contribution in [1.82, 2.24) is 0 Å². The van der Waals surface area contributed by atoms with Crippen molar-refractivity contribution in [1.29, 1.82) is 5.26 Å². The smallest absolute Gasteiger partial charge is 0.264 e. The number of ether oxygens (including phenoxy) is 1. The molecule has 3 aromatic carbocycles. The van der Waals surface area contributed by atoms with Gasteiger partial charge in [-0.1, -0.05) is 35.9 Å². The standard InChI is InChI=1S/C21H17ClN2O3S/c1-27-21-5-3-2-4-20(21)24(15-17-8-6-16(14-23)7-9-17)28(25,26)19-12-10-18(22)11-13-19/h2-13H,15H2,1H3. The van der Waals surface area contributed by atoms with Crippen LogP contribution in [0.25, 0.3) is 0 Å². The first-order valence-corrected chi connectivity index (χ1v) is 10.2. The highest BCUT2D eigenvalue weighted by Crippen LogP contribution is 2.33. The molecule has 3 aromatic rings. The monoisotopic (exact) mass is 412 g/mol. The number of sulfonamides is 1. The molecular formula is C21H17ClN2O3S. The van der Waals surface area contributed by atoms with Gasteiger partial charge in [-0.3, -0.25) is 4.31 Å². The first kappa shape index (κ1) is 19.7. The molecule has 0 amide bonds. The predicted molar refractivity (Wildman–Crippen MR) is 109 cm³/mol. The lowest BCUT2D eigenvalue weighted by atomic mass is 10.1. The minimum absolute atomic E-state index is 0.0804. The van der Waals surface area contributed by atoms with Crippen LogP contribution in [0.4, 0.5) is 5.69 Å². The molecule has 0 saturated carbocycles. The van der Waals surface area contributed by atoms with E-state index in [0.29, 0.717) is 22.0 Å². The summed E-state index contributed by atoms with van der Waals surface area (Å²) in [5.41, 5.74) is 1.67. The lowest BCUT2D eigenvalue weighted by Crippen LogP contribution is -2.31. The van der Waals surface area contributed by atoms with Crippen molar-refractivity contribution in [2.45, 2.75) is 11.4 Å². The van der Waals surface area contributed by atoms with Gasteiger partial charge in [0.1, 0.15) is 5.75 Å². The third-order valence-electron chi connectivity index (χ3n) is 4.16. The van der Waals surface area contributed by atoms with E-state index in [0.717, 1.165) is 5.56 Å². The largest absolute Gasteiger partial charge is 0.495 e. The Balaban J connectivity index is 2.10. The molecule has 0 radical (unpaired) electrons. The molecule has 5 nitrogen and oxygen atoms in total. The van der Waals surface area contributed by atoms with Crippen molar-refractivity contribution < 1.29 is 13.2 Å². The van der Waals surface area contributed by atoms with Gasteiger partial charge < -0.3 is 4.74 Å². The summed E-state index contributed by atoms with van der Waals surface area (Å²) in [6.07, 6.45) is 0. The van der Waals surface area contributed by atoms with Gasteiger partial charge >= 0.3 is 0 Å². The van der Waals surface area contributed by atoms with Gasteiger partial charge in [0.15, 0.2) is 0 Å². The number of para-hydroxylation sites is 2. The maximum Gasteiger partial charge on any atom is 0.264 e. The molecule has 0 spiro atoms. The van der Waals surface area contributed by atoms with E-state index in [1.165, 1.54) is 35.7 Å². The summed E-state index contributed by atoms with van der Waals surface area (Å²) in [6, 6.07) is 21.8. The second kappa shape index (κ2) is 8.34. The fraction of sp³-hybridized carbons (Fsp3) is 0.0952. The molecule has 7 heteroatoms. The summed E-state index contributed by atoms with van der Waals surface area (Å²) >= 11 is 5.91. The van der Waals surface area contributed by atoms with E-state index in [9.17, 15) is 8.42 Å². The number of halogens is 1. The van der Waals surface area contributed by atoms with Gasteiger partial charge in [0.25, 0.3) is 10.0 Å². The van der Waals surface area contributed by atoms with Gasteiger partial charge in [-0.2, -0.15) is 5.26 Å². The van der Waals surface area contributed by atoms with Crippen molar-refractivity contribution in [3.63, 3.8) is 0 Å². The van der Waals surface area contributed by atoms with Crippen LogP contribution < -0.4 is 9.04 Å². The zero-order valence-electron chi connectivity index (χ0n) is 15.0. The molecule has 0 atom stereocenters. The molecule has 28 heavy (non-hydrogen) atoms. The fourth-order valence-corrected chi connectivity index (χ4v) is 4.31. The van der Waals surface area contributed by atoms with Crippen molar-refractivity contribution in [3.8, 4) is 11.8 Å². The van der Waals surface area contributed by atoms with E-state index in [2.05, 4.69) is 6.07 Å². The highest BCUT2D eigenvalue weighted by molar-refractivity contribution is 7.92. The topological polar surface area (TPSA) is 70.4 Å². The summed E-state index contributed by atoms with van der Waals surface area (Å²) in [5, 5.41) is 9.43. The van der Waals surface area contributed by atoms with Gasteiger partial charge in [-0.15, -0.1) is 0 Å². The van der Waals surface area contributed by atoms with Gasteiger partial charge in [0.05, 0.1) is 35.9 Å². The average molecular weight is 413 g/mol. The third kappa shape index (κ3) is 4.11. The quantitative estimate of drug-likeness (QED) is 0.592. The molecule has 0 aliphatic carbocycles. The van der Waals surface area contributed by atoms with Crippen LogP contribution in [0.2, 0.25) is 5.02 Å². The fourth-order valence-electron chi connectivity index (χ4n) is 2.72. The van der Waals surface area contributed by atoms with Crippen LogP contribution in [-0.4, -0.2) is 15.5 Å². The normalized spacial score (nSPS) is 10.9. The number of anilines is 1. The van der Waals surface area contributed by atoms with Crippen molar-refractivity contribution in [2.75, 3.05) is 11.4 Å². The Kier molecular flexibility index (Phi) is 5.88. The molecule has 0 saturated heterocycles. The molecular weight excluding hydrogens is 396 g/mol. The van der Waals surface area contributed by atoms with E-state index in [1.54, 1.807) is 48.5 Å². The van der Waals surface area contributed by atoms with Crippen molar-refractivity contribution in [2.24, 2.45) is 0 Å². The van der Waals surface area contributed by atoms with Crippen LogP contribution in [0.1, 0.15) is 11.1 Å². The van der Waals surface area contributed by atoms with E-state index in [4.69, 9.17) is 21.6 Å². The molecule has 0 N–H and O–H groups in total. The minimum Gasteiger partial charge on any atom is -0.495 e. The molecule has 0 unspecified atom stereocenters. The zero-order valence-corrected chi connectivity index (χ0v) is 16.6. The summed E-state index contributed by atoms with van der Waals surface area (Å²) in [6.45, 7) is 0.0804. The molecule has 0 aliphatic heterocycles. The Morgan fingerprint density at radius 1 is 1.00 bits per heavy atom. The molecule has 0 heterocycles. The zero-order chi connectivity index (χ0) is 20.1. The molecule has 0 fully saturated rings. The lowest BCUT2D eigenvalue weighted by Gasteiger charge is -2.26. The summed E-state index contributed by atoms with van der Waals surface area (Å²) in [4.78, 5) is 0.122. The van der Waals surface area contributed by atoms with Crippen molar-refractivity contribution in [3.05, 3.63) is 88.9 Å². The van der Waals surface area contributed by atoms with Crippen LogP contribution in [-0.2, 0) is 16.6 Å². The maximum absolute atomic E-state index is 13.4. The second-order valence-electron chi connectivity index (χ2n) is 5.95. The van der Waals surface area contributed by atoms with Crippen LogP contribution in [0.3, 0.4) is 0 Å². The van der Waals surface area contributed by atoms with Crippen molar-refractivity contribution >= 4 is 27.3 Å². The van der Waals surface area contributed by atoms with Gasteiger partial charge in [-0.05, 0) is 54.1 Å². The summed E-state index contributed by atoms with van der Waals surface area (Å²) < 4.78 is 33.5. The van der Waals surface area contributed by atoms with Crippen LogP contribution >= 0.6 is 11.6 Å². The Morgan fingerprint density at radius 2 is 1.64 bits per heavy atom. The van der Waals surface area contributed by atoms with E-state index >= 15 is 0 Å².